The van der Waals surface area contributed by atoms with Gasteiger partial charge in [0, 0.05) is 37.4 Å². The third kappa shape index (κ3) is 5.76. The van der Waals surface area contributed by atoms with Gasteiger partial charge in [0.25, 0.3) is 0 Å². The maximum absolute atomic E-state index is 8.56. The standard InChI is InChI=1S/C25H19N2.C5H12O2.Ir/c1-15-9-11-20-21(13-15)19-12-10-16(2)17(3)23(19)25-24(20)26-14-22(27-25)18-7-5-4-6-8-18;1-4(6)3-5(2)7;/h4-10,12-14H,1-3H3;4-7H,3H2,1-2H3;/q-1;;. The van der Waals surface area contributed by atoms with Crippen molar-refractivity contribution in [2.24, 2.45) is 0 Å². The Labute approximate surface area is 220 Å². The Bertz CT molecular complexity index is 1460. The predicted molar refractivity (Wildman–Crippen MR) is 141 cm³/mol. The fourth-order valence-corrected chi connectivity index (χ4v) is 4.35. The van der Waals surface area contributed by atoms with Gasteiger partial charge in [0.1, 0.15) is 0 Å². The minimum atomic E-state index is -0.375. The molecule has 0 aliphatic carbocycles. The number of aromatic nitrogens is 2. The van der Waals surface area contributed by atoms with Crippen LogP contribution >= 0.6 is 0 Å². The van der Waals surface area contributed by atoms with Crippen LogP contribution in [0.5, 0.6) is 0 Å². The molecule has 0 saturated heterocycles. The number of benzene rings is 4. The topological polar surface area (TPSA) is 66.2 Å². The summed E-state index contributed by atoms with van der Waals surface area (Å²) < 4.78 is 0. The van der Waals surface area contributed by atoms with E-state index >= 15 is 0 Å². The van der Waals surface area contributed by atoms with Gasteiger partial charge in [-0.2, -0.15) is 0 Å². The van der Waals surface area contributed by atoms with Crippen LogP contribution in [0.15, 0.2) is 60.8 Å². The fraction of sp³-hybridized carbons (Fsp3) is 0.267. The van der Waals surface area contributed by atoms with E-state index in [2.05, 4.69) is 57.2 Å². The van der Waals surface area contributed by atoms with Gasteiger partial charge >= 0.3 is 0 Å². The van der Waals surface area contributed by atoms with E-state index in [9.17, 15) is 0 Å². The van der Waals surface area contributed by atoms with Gasteiger partial charge in [-0.3, -0.25) is 4.98 Å². The first-order valence-corrected chi connectivity index (χ1v) is 11.7. The molecule has 0 bridgehead atoms. The van der Waals surface area contributed by atoms with E-state index in [1.165, 1.54) is 32.8 Å². The van der Waals surface area contributed by atoms with E-state index in [0.717, 1.165) is 27.7 Å². The molecule has 5 rings (SSSR count). The summed E-state index contributed by atoms with van der Waals surface area (Å²) in [6.45, 7) is 9.76. The molecule has 4 aromatic carbocycles. The summed E-state index contributed by atoms with van der Waals surface area (Å²) in [5, 5.41) is 21.8. The third-order valence-electron chi connectivity index (χ3n) is 6.11. The van der Waals surface area contributed by atoms with Crippen LogP contribution < -0.4 is 0 Å². The first-order chi connectivity index (χ1) is 16.3. The molecule has 0 saturated carbocycles. The molecule has 1 radical (unpaired) electrons. The number of hydrogen-bond acceptors (Lipinski definition) is 4. The first kappa shape index (κ1) is 26.9. The number of rotatable bonds is 3. The molecular formula is C30H31IrN2O2-. The SMILES string of the molecule is CC(O)CC(C)O.Cc1c[c-]c2c(c1)c1ccc(C)c(C)c1c1nc(-c3ccccc3)cnc21.[Ir]. The van der Waals surface area contributed by atoms with Crippen molar-refractivity contribution in [3.8, 4) is 11.3 Å². The van der Waals surface area contributed by atoms with E-state index in [4.69, 9.17) is 20.2 Å². The van der Waals surface area contributed by atoms with E-state index in [1.54, 1.807) is 13.8 Å². The van der Waals surface area contributed by atoms with Crippen molar-refractivity contribution < 1.29 is 30.3 Å². The van der Waals surface area contributed by atoms with Crippen LogP contribution in [0.2, 0.25) is 0 Å². The number of nitrogens with zero attached hydrogens (tertiary/aromatic N) is 2. The van der Waals surface area contributed by atoms with E-state index in [0.29, 0.717) is 6.42 Å². The van der Waals surface area contributed by atoms with Gasteiger partial charge in [0.05, 0.1) is 23.4 Å². The van der Waals surface area contributed by atoms with Crippen LogP contribution in [0.4, 0.5) is 0 Å². The first-order valence-electron chi connectivity index (χ1n) is 11.7. The summed E-state index contributed by atoms with van der Waals surface area (Å²) in [6.07, 6.45) is 1.60. The van der Waals surface area contributed by atoms with E-state index in [1.807, 2.05) is 30.5 Å². The monoisotopic (exact) mass is 644 g/mol. The van der Waals surface area contributed by atoms with Crippen LogP contribution in [0, 0.1) is 26.8 Å². The number of aliphatic hydroxyl groups is 2. The van der Waals surface area contributed by atoms with Crippen molar-refractivity contribution in [3.63, 3.8) is 0 Å². The minimum absolute atomic E-state index is 0. The van der Waals surface area contributed by atoms with Crippen LogP contribution in [0.25, 0.3) is 43.8 Å². The number of aliphatic hydroxyl groups excluding tert-OH is 2. The summed E-state index contributed by atoms with van der Waals surface area (Å²) in [5.41, 5.74) is 7.60. The second-order valence-corrected chi connectivity index (χ2v) is 9.15. The van der Waals surface area contributed by atoms with Crippen LogP contribution in [-0.4, -0.2) is 32.4 Å². The second kappa shape index (κ2) is 11.4. The molecular weight excluding hydrogens is 613 g/mol. The summed E-state index contributed by atoms with van der Waals surface area (Å²) in [6, 6.07) is 22.4. The van der Waals surface area contributed by atoms with Gasteiger partial charge < -0.3 is 15.2 Å². The Morgan fingerprint density at radius 2 is 1.57 bits per heavy atom. The zero-order valence-electron chi connectivity index (χ0n) is 20.8. The van der Waals surface area contributed by atoms with Crippen molar-refractivity contribution in [1.29, 1.82) is 0 Å². The van der Waals surface area contributed by atoms with Gasteiger partial charge in [-0.25, -0.2) is 0 Å². The number of fused-ring (bicyclic) bond motifs is 6. The average molecular weight is 644 g/mol. The Hall–Kier alpha value is -2.69. The minimum Gasteiger partial charge on any atom is -0.393 e. The largest absolute Gasteiger partial charge is 0.393 e. The summed E-state index contributed by atoms with van der Waals surface area (Å²) in [5.74, 6) is 0. The summed E-state index contributed by atoms with van der Waals surface area (Å²) >= 11 is 0. The van der Waals surface area contributed by atoms with Crippen molar-refractivity contribution >= 4 is 32.6 Å². The van der Waals surface area contributed by atoms with Crippen LogP contribution in [0.1, 0.15) is 37.0 Å². The molecule has 183 valence electrons. The maximum atomic E-state index is 8.56. The molecule has 0 spiro atoms. The average Bonchev–Trinajstić information content (AvgIpc) is 2.81. The normalized spacial score (nSPS) is 12.7. The van der Waals surface area contributed by atoms with Crippen molar-refractivity contribution in [2.75, 3.05) is 0 Å². The van der Waals surface area contributed by atoms with E-state index in [-0.39, 0.29) is 32.3 Å². The molecule has 0 amide bonds. The molecule has 2 N–H and O–H groups in total. The van der Waals surface area contributed by atoms with Gasteiger partial charge in [-0.1, -0.05) is 60.2 Å². The maximum Gasteiger partial charge on any atom is 0.0873 e. The van der Waals surface area contributed by atoms with Crippen molar-refractivity contribution in [2.45, 2.75) is 53.2 Å². The summed E-state index contributed by atoms with van der Waals surface area (Å²) in [7, 11) is 0. The Morgan fingerprint density at radius 3 is 2.20 bits per heavy atom. The van der Waals surface area contributed by atoms with Gasteiger partial charge in [-0.05, 0) is 50.6 Å². The van der Waals surface area contributed by atoms with Crippen molar-refractivity contribution in [3.05, 3.63) is 83.6 Å². The third-order valence-corrected chi connectivity index (χ3v) is 6.11. The molecule has 5 heteroatoms. The molecule has 4 nitrogen and oxygen atoms in total. The Morgan fingerprint density at radius 1 is 0.886 bits per heavy atom. The molecule has 5 aromatic rings. The fourth-order valence-electron chi connectivity index (χ4n) is 4.35. The molecule has 0 aliphatic rings. The molecule has 2 atom stereocenters. The van der Waals surface area contributed by atoms with Crippen LogP contribution in [0.3, 0.4) is 0 Å². The second-order valence-electron chi connectivity index (χ2n) is 9.15. The Kier molecular flexibility index (Phi) is 8.74. The Balaban J connectivity index is 0.000000378. The molecule has 1 heterocycles. The van der Waals surface area contributed by atoms with Gasteiger partial charge in [0.15, 0.2) is 0 Å². The molecule has 0 aliphatic heterocycles. The number of aryl methyl sites for hydroxylation is 3. The smallest absolute Gasteiger partial charge is 0.0873 e. The molecule has 0 fully saturated rings. The van der Waals surface area contributed by atoms with E-state index < -0.39 is 0 Å². The molecule has 35 heavy (non-hydrogen) atoms. The van der Waals surface area contributed by atoms with Crippen LogP contribution in [-0.2, 0) is 20.1 Å². The van der Waals surface area contributed by atoms with Gasteiger partial charge in [0.2, 0.25) is 0 Å². The molecule has 1 aromatic heterocycles. The predicted octanol–water partition coefficient (Wildman–Crippen LogP) is 6.46. The van der Waals surface area contributed by atoms with Gasteiger partial charge in [-0.15, -0.1) is 29.1 Å². The summed E-state index contributed by atoms with van der Waals surface area (Å²) in [4.78, 5) is 9.91. The zero-order valence-corrected chi connectivity index (χ0v) is 23.2. The number of hydrogen-bond donors (Lipinski definition) is 2. The zero-order chi connectivity index (χ0) is 24.4. The quantitative estimate of drug-likeness (QED) is 0.175. The molecule has 2 unspecified atom stereocenters. The van der Waals surface area contributed by atoms with Crippen molar-refractivity contribution in [1.82, 2.24) is 9.97 Å².